The minimum Gasteiger partial charge on any atom is -0.201 e. The Morgan fingerprint density at radius 1 is 1.71 bits per heavy atom. The van der Waals surface area contributed by atoms with Gasteiger partial charge in [-0.2, -0.15) is 0 Å². The summed E-state index contributed by atoms with van der Waals surface area (Å²) in [6, 6.07) is 0. The Hall–Kier alpha value is -0.400. The minimum absolute atomic E-state index is 0.0764. The van der Waals surface area contributed by atoms with Gasteiger partial charge in [0.1, 0.15) is 0 Å². The molecule has 1 aliphatic rings. The van der Waals surface area contributed by atoms with Crippen molar-refractivity contribution >= 4 is 0 Å². The van der Waals surface area contributed by atoms with Crippen molar-refractivity contribution in [2.45, 2.75) is 12.8 Å². The molecule has 1 rings (SSSR count). The maximum atomic E-state index is 11.8. The Morgan fingerprint density at radius 2 is 1.86 bits per heavy atom. The Balaban J connectivity index is 2.70. The quantitative estimate of drug-likeness (QED) is 0.411. The van der Waals surface area contributed by atoms with Gasteiger partial charge in [0.2, 0.25) is 0 Å². The second-order valence-electron chi connectivity index (χ2n) is 1.87. The van der Waals surface area contributed by atoms with E-state index in [1.54, 1.807) is 0 Å². The molecule has 0 heterocycles. The van der Waals surface area contributed by atoms with Gasteiger partial charge >= 0.3 is 0 Å². The van der Waals surface area contributed by atoms with E-state index in [2.05, 4.69) is 6.58 Å². The number of hydrogen-bond acceptors (Lipinski definition) is 0. The van der Waals surface area contributed by atoms with Crippen molar-refractivity contribution in [2.24, 2.45) is 5.92 Å². The van der Waals surface area contributed by atoms with E-state index in [4.69, 9.17) is 0 Å². The third kappa shape index (κ3) is 0.392. The average molecular weight is 104 g/mol. The van der Waals surface area contributed by atoms with Gasteiger partial charge in [0, 0.05) is 5.57 Å². The highest BCUT2D eigenvalue weighted by molar-refractivity contribution is 5.32. The standard InChI is InChI=1S/C5H6F2/c1-3-4(2)5(3,6)7/h4H,1H2,2H3. The van der Waals surface area contributed by atoms with Crippen LogP contribution in [-0.4, -0.2) is 5.92 Å². The molecule has 0 spiro atoms. The number of rotatable bonds is 0. The largest absolute Gasteiger partial charge is 0.275 e. The van der Waals surface area contributed by atoms with Crippen LogP contribution >= 0.6 is 0 Å². The molecule has 0 radical (unpaired) electrons. The van der Waals surface area contributed by atoms with Crippen molar-refractivity contribution < 1.29 is 8.78 Å². The number of hydrogen-bond donors (Lipinski definition) is 0. The van der Waals surface area contributed by atoms with E-state index in [1.807, 2.05) is 0 Å². The van der Waals surface area contributed by atoms with E-state index in [-0.39, 0.29) is 5.57 Å². The first-order valence-corrected chi connectivity index (χ1v) is 2.14. The summed E-state index contributed by atoms with van der Waals surface area (Å²) in [7, 11) is 0. The molecule has 0 aromatic carbocycles. The summed E-state index contributed by atoms with van der Waals surface area (Å²) in [6.07, 6.45) is 0. The van der Waals surface area contributed by atoms with Crippen molar-refractivity contribution in [3.63, 3.8) is 0 Å². The fraction of sp³-hybridized carbons (Fsp3) is 0.600. The van der Waals surface area contributed by atoms with E-state index >= 15 is 0 Å². The molecule has 0 aliphatic heterocycles. The molecule has 0 bridgehead atoms. The fourth-order valence-electron chi connectivity index (χ4n) is 0.477. The second kappa shape index (κ2) is 0.881. The van der Waals surface area contributed by atoms with Crippen molar-refractivity contribution in [3.8, 4) is 0 Å². The van der Waals surface area contributed by atoms with E-state index in [0.717, 1.165) is 0 Å². The van der Waals surface area contributed by atoms with Crippen LogP contribution in [-0.2, 0) is 0 Å². The van der Waals surface area contributed by atoms with Gasteiger partial charge < -0.3 is 0 Å². The zero-order valence-corrected chi connectivity index (χ0v) is 4.04. The van der Waals surface area contributed by atoms with E-state index in [0.29, 0.717) is 0 Å². The number of alkyl halides is 2. The summed E-state index contributed by atoms with van der Waals surface area (Å²) in [5.41, 5.74) is 0.0764. The van der Waals surface area contributed by atoms with Crippen LogP contribution in [0, 0.1) is 5.92 Å². The molecule has 0 aromatic rings. The first-order chi connectivity index (χ1) is 3.07. The highest BCUT2D eigenvalue weighted by atomic mass is 19.3. The van der Waals surface area contributed by atoms with E-state index < -0.39 is 11.8 Å². The Labute approximate surface area is 40.8 Å². The van der Waals surface area contributed by atoms with Crippen molar-refractivity contribution in [2.75, 3.05) is 0 Å². The lowest BCUT2D eigenvalue weighted by Gasteiger charge is -1.81. The minimum atomic E-state index is -2.53. The van der Waals surface area contributed by atoms with Gasteiger partial charge in [0.15, 0.2) is 0 Å². The zero-order valence-electron chi connectivity index (χ0n) is 4.04. The van der Waals surface area contributed by atoms with Crippen LogP contribution in [0.1, 0.15) is 6.92 Å². The third-order valence-electron chi connectivity index (χ3n) is 1.41. The lowest BCUT2D eigenvalue weighted by molar-refractivity contribution is 0.114. The molecular formula is C5H6F2. The normalized spacial score (nSPS) is 35.9. The molecule has 2 heteroatoms. The maximum absolute atomic E-state index is 11.8. The molecule has 1 unspecified atom stereocenters. The van der Waals surface area contributed by atoms with Crippen LogP contribution in [0.3, 0.4) is 0 Å². The van der Waals surface area contributed by atoms with Gasteiger partial charge in [-0.15, -0.1) is 0 Å². The first-order valence-electron chi connectivity index (χ1n) is 2.14. The highest BCUT2D eigenvalue weighted by Crippen LogP contribution is 2.52. The lowest BCUT2D eigenvalue weighted by Crippen LogP contribution is -1.87. The number of allylic oxidation sites excluding steroid dienone is 1. The van der Waals surface area contributed by atoms with Gasteiger partial charge in [-0.3, -0.25) is 0 Å². The van der Waals surface area contributed by atoms with Gasteiger partial charge in [0.25, 0.3) is 5.92 Å². The van der Waals surface area contributed by atoms with Crippen molar-refractivity contribution in [3.05, 3.63) is 12.2 Å². The SMILES string of the molecule is C=C1C(C)C1(F)F. The predicted octanol–water partition coefficient (Wildman–Crippen LogP) is 1.83. The van der Waals surface area contributed by atoms with Crippen LogP contribution < -0.4 is 0 Å². The predicted molar refractivity (Wildman–Crippen MR) is 23.3 cm³/mol. The lowest BCUT2D eigenvalue weighted by atomic mass is 10.5. The van der Waals surface area contributed by atoms with Crippen LogP contribution in [0.15, 0.2) is 12.2 Å². The van der Waals surface area contributed by atoms with Crippen molar-refractivity contribution in [1.82, 2.24) is 0 Å². The highest BCUT2D eigenvalue weighted by Gasteiger charge is 2.58. The van der Waals surface area contributed by atoms with Gasteiger partial charge in [0.05, 0.1) is 5.92 Å². The molecule has 0 amide bonds. The molecule has 1 atom stereocenters. The topological polar surface area (TPSA) is 0 Å². The van der Waals surface area contributed by atoms with Crippen LogP contribution in [0.4, 0.5) is 8.78 Å². The molecule has 0 N–H and O–H groups in total. The van der Waals surface area contributed by atoms with Crippen LogP contribution in [0.5, 0.6) is 0 Å². The summed E-state index contributed by atoms with van der Waals surface area (Å²) in [5, 5.41) is 0. The van der Waals surface area contributed by atoms with Gasteiger partial charge in [-0.25, -0.2) is 8.78 Å². The Bertz CT molecular complexity index is 115. The van der Waals surface area contributed by atoms with Crippen LogP contribution in [0.2, 0.25) is 0 Å². The summed E-state index contributed by atoms with van der Waals surface area (Å²) in [5.74, 6) is -3.09. The first kappa shape index (κ1) is 4.75. The average Bonchev–Trinajstić information content (AvgIpc) is 1.91. The maximum Gasteiger partial charge on any atom is 0.275 e. The molecule has 0 saturated heterocycles. The Morgan fingerprint density at radius 3 is 1.86 bits per heavy atom. The molecule has 1 saturated carbocycles. The summed E-state index contributed by atoms with van der Waals surface area (Å²) >= 11 is 0. The molecule has 1 fully saturated rings. The van der Waals surface area contributed by atoms with Gasteiger partial charge in [-0.1, -0.05) is 13.5 Å². The summed E-state index contributed by atoms with van der Waals surface area (Å²) in [4.78, 5) is 0. The van der Waals surface area contributed by atoms with E-state index in [9.17, 15) is 8.78 Å². The zero-order chi connectivity index (χ0) is 5.65. The fourth-order valence-corrected chi connectivity index (χ4v) is 0.477. The smallest absolute Gasteiger partial charge is 0.201 e. The molecule has 1 aliphatic carbocycles. The molecule has 0 nitrogen and oxygen atoms in total. The molecule has 0 aromatic heterocycles. The third-order valence-corrected chi connectivity index (χ3v) is 1.41. The van der Waals surface area contributed by atoms with Gasteiger partial charge in [-0.05, 0) is 0 Å². The molecule has 40 valence electrons. The molecule has 7 heavy (non-hydrogen) atoms. The summed E-state index contributed by atoms with van der Waals surface area (Å²) < 4.78 is 23.6. The van der Waals surface area contributed by atoms with E-state index in [1.165, 1.54) is 6.92 Å². The number of halogens is 2. The van der Waals surface area contributed by atoms with Crippen molar-refractivity contribution in [1.29, 1.82) is 0 Å². The van der Waals surface area contributed by atoms with Crippen LogP contribution in [0.25, 0.3) is 0 Å². The summed E-state index contributed by atoms with van der Waals surface area (Å²) in [6.45, 7) is 4.62. The monoisotopic (exact) mass is 104 g/mol. The molecular weight excluding hydrogens is 98.1 g/mol. The Kier molecular flexibility index (Phi) is 0.598. The second-order valence-corrected chi connectivity index (χ2v) is 1.87.